The molecule has 0 radical (unpaired) electrons. The number of aryl methyl sites for hydroxylation is 1. The van der Waals surface area contributed by atoms with Crippen LogP contribution in [0.3, 0.4) is 0 Å². The molecule has 5 nitrogen and oxygen atoms in total. The number of rotatable bonds is 2. The summed E-state index contributed by atoms with van der Waals surface area (Å²) in [5.74, 6) is 0.422. The maximum Gasteiger partial charge on any atom is 0.241 e. The molecule has 0 saturated carbocycles. The van der Waals surface area contributed by atoms with Crippen molar-refractivity contribution in [2.45, 2.75) is 19.9 Å². The third kappa shape index (κ3) is 2.79. The van der Waals surface area contributed by atoms with Gasteiger partial charge in [-0.05, 0) is 13.8 Å². The summed E-state index contributed by atoms with van der Waals surface area (Å²) in [6, 6.07) is -0.527. The van der Waals surface area contributed by atoms with Crippen molar-refractivity contribution in [3.63, 3.8) is 0 Å². The quantitative estimate of drug-likeness (QED) is 0.674. The lowest BCUT2D eigenvalue weighted by Crippen LogP contribution is -2.32. The van der Waals surface area contributed by atoms with Crippen molar-refractivity contribution in [3.05, 3.63) is 18.2 Å². The number of nitrogens with one attached hydrogen (secondary N) is 1. The molecular formula is C8H12N4O. The first-order chi connectivity index (χ1) is 6.09. The van der Waals surface area contributed by atoms with E-state index in [0.29, 0.717) is 11.5 Å². The molecule has 0 bridgehead atoms. The Bertz CT molecular complexity index is 294. The van der Waals surface area contributed by atoms with Gasteiger partial charge in [0.15, 0.2) is 0 Å². The summed E-state index contributed by atoms with van der Waals surface area (Å²) in [7, 11) is 0. The van der Waals surface area contributed by atoms with E-state index in [1.807, 2.05) is 0 Å². The Morgan fingerprint density at radius 1 is 1.54 bits per heavy atom. The smallest absolute Gasteiger partial charge is 0.241 e. The summed E-state index contributed by atoms with van der Waals surface area (Å²) in [4.78, 5) is 19.0. The van der Waals surface area contributed by atoms with Crippen molar-refractivity contribution >= 4 is 11.6 Å². The molecule has 0 aromatic carbocycles. The zero-order chi connectivity index (χ0) is 9.84. The van der Waals surface area contributed by atoms with Gasteiger partial charge in [0.2, 0.25) is 5.91 Å². The molecule has 1 heterocycles. The number of nitrogens with zero attached hydrogens (tertiary/aromatic N) is 2. The van der Waals surface area contributed by atoms with Gasteiger partial charge in [-0.1, -0.05) is 0 Å². The third-order valence-electron chi connectivity index (χ3n) is 1.46. The molecule has 70 valence electrons. The second-order valence-corrected chi connectivity index (χ2v) is 2.80. The van der Waals surface area contributed by atoms with Gasteiger partial charge in [0.05, 0.1) is 24.1 Å². The largest absolute Gasteiger partial charge is 0.322 e. The van der Waals surface area contributed by atoms with Gasteiger partial charge in [-0.15, -0.1) is 0 Å². The van der Waals surface area contributed by atoms with E-state index < -0.39 is 6.04 Å². The van der Waals surface area contributed by atoms with E-state index in [1.54, 1.807) is 26.2 Å². The molecule has 0 fully saturated rings. The molecule has 5 heteroatoms. The van der Waals surface area contributed by atoms with Crippen molar-refractivity contribution < 1.29 is 4.79 Å². The molecule has 1 aromatic rings. The van der Waals surface area contributed by atoms with Crippen LogP contribution in [-0.2, 0) is 4.79 Å². The second kappa shape index (κ2) is 3.95. The third-order valence-corrected chi connectivity index (χ3v) is 1.46. The molecule has 1 unspecified atom stereocenters. The Balaban J connectivity index is 2.65. The van der Waals surface area contributed by atoms with E-state index in [1.165, 1.54) is 0 Å². The van der Waals surface area contributed by atoms with Crippen molar-refractivity contribution in [1.29, 1.82) is 0 Å². The van der Waals surface area contributed by atoms with Gasteiger partial charge in [0, 0.05) is 0 Å². The first kappa shape index (κ1) is 9.60. The van der Waals surface area contributed by atoms with E-state index in [2.05, 4.69) is 15.3 Å². The van der Waals surface area contributed by atoms with Crippen LogP contribution in [0.25, 0.3) is 0 Å². The van der Waals surface area contributed by atoms with Crippen LogP contribution in [-0.4, -0.2) is 21.9 Å². The molecule has 0 spiro atoms. The Hall–Kier alpha value is -1.49. The molecular weight excluding hydrogens is 168 g/mol. The van der Waals surface area contributed by atoms with Crippen LogP contribution in [0.2, 0.25) is 0 Å². The maximum atomic E-state index is 11.1. The average Bonchev–Trinajstić information content (AvgIpc) is 2.08. The van der Waals surface area contributed by atoms with Crippen LogP contribution >= 0.6 is 0 Å². The Labute approximate surface area is 76.4 Å². The highest BCUT2D eigenvalue weighted by molar-refractivity contribution is 5.94. The summed E-state index contributed by atoms with van der Waals surface area (Å²) >= 11 is 0. The van der Waals surface area contributed by atoms with Gasteiger partial charge in [-0.2, -0.15) is 0 Å². The van der Waals surface area contributed by atoms with Crippen LogP contribution in [0, 0.1) is 6.92 Å². The number of nitrogens with two attached hydrogens (primary N) is 1. The Morgan fingerprint density at radius 2 is 2.08 bits per heavy atom. The Morgan fingerprint density at radius 3 is 2.54 bits per heavy atom. The van der Waals surface area contributed by atoms with Gasteiger partial charge in [0.25, 0.3) is 0 Å². The van der Waals surface area contributed by atoms with Crippen LogP contribution < -0.4 is 11.1 Å². The molecule has 1 amide bonds. The first-order valence-electron chi connectivity index (χ1n) is 3.94. The van der Waals surface area contributed by atoms with Crippen LogP contribution in [0.5, 0.6) is 0 Å². The number of hydrogen-bond acceptors (Lipinski definition) is 4. The molecule has 1 atom stereocenters. The summed E-state index contributed by atoms with van der Waals surface area (Å²) in [6.07, 6.45) is 3.09. The lowest BCUT2D eigenvalue weighted by atomic mass is 10.3. The maximum absolute atomic E-state index is 11.1. The van der Waals surface area contributed by atoms with E-state index in [9.17, 15) is 4.79 Å². The minimum Gasteiger partial charge on any atom is -0.322 e. The van der Waals surface area contributed by atoms with E-state index >= 15 is 0 Å². The predicted octanol–water partition coefficient (Wildman–Crippen LogP) is 0.0707. The fraction of sp³-hybridized carbons (Fsp3) is 0.375. The van der Waals surface area contributed by atoms with Crippen LogP contribution in [0.1, 0.15) is 12.7 Å². The number of carbonyl (C=O) groups excluding carboxylic acids is 1. The molecule has 0 aliphatic rings. The number of hydrogen-bond donors (Lipinski definition) is 2. The molecule has 3 N–H and O–H groups in total. The van der Waals surface area contributed by atoms with Crippen molar-refractivity contribution in [2.24, 2.45) is 5.73 Å². The zero-order valence-electron chi connectivity index (χ0n) is 7.61. The highest BCUT2D eigenvalue weighted by Crippen LogP contribution is 2.02. The molecule has 13 heavy (non-hydrogen) atoms. The van der Waals surface area contributed by atoms with Crippen molar-refractivity contribution in [2.75, 3.05) is 5.32 Å². The van der Waals surface area contributed by atoms with Crippen molar-refractivity contribution in [1.82, 2.24) is 9.97 Å². The number of aromatic nitrogens is 2. The molecule has 1 rings (SSSR count). The summed E-state index contributed by atoms with van der Waals surface area (Å²) in [5.41, 5.74) is 5.92. The summed E-state index contributed by atoms with van der Waals surface area (Å²) in [5, 5.41) is 2.58. The molecule has 1 aromatic heterocycles. The van der Waals surface area contributed by atoms with E-state index in [0.717, 1.165) is 0 Å². The normalized spacial score (nSPS) is 12.2. The lowest BCUT2D eigenvalue weighted by Gasteiger charge is -2.06. The lowest BCUT2D eigenvalue weighted by molar-refractivity contribution is -0.117. The summed E-state index contributed by atoms with van der Waals surface area (Å²) < 4.78 is 0. The van der Waals surface area contributed by atoms with Gasteiger partial charge in [-0.3, -0.25) is 4.79 Å². The Kier molecular flexibility index (Phi) is 2.92. The van der Waals surface area contributed by atoms with Gasteiger partial charge in [-0.25, -0.2) is 9.97 Å². The minimum atomic E-state index is -0.527. The molecule has 0 aliphatic heterocycles. The number of carbonyl (C=O) groups is 1. The van der Waals surface area contributed by atoms with Crippen LogP contribution in [0.4, 0.5) is 5.69 Å². The van der Waals surface area contributed by atoms with Gasteiger partial charge >= 0.3 is 0 Å². The zero-order valence-corrected chi connectivity index (χ0v) is 7.61. The SMILES string of the molecule is Cc1ncc(NC(=O)C(C)N)cn1. The first-order valence-corrected chi connectivity index (χ1v) is 3.94. The highest BCUT2D eigenvalue weighted by Gasteiger charge is 2.06. The monoisotopic (exact) mass is 180 g/mol. The van der Waals surface area contributed by atoms with E-state index in [4.69, 9.17) is 5.73 Å². The van der Waals surface area contributed by atoms with E-state index in [-0.39, 0.29) is 5.91 Å². The highest BCUT2D eigenvalue weighted by atomic mass is 16.2. The topological polar surface area (TPSA) is 80.9 Å². The fourth-order valence-corrected chi connectivity index (χ4v) is 0.713. The van der Waals surface area contributed by atoms with Gasteiger partial charge in [0.1, 0.15) is 5.82 Å². The van der Waals surface area contributed by atoms with Crippen LogP contribution in [0.15, 0.2) is 12.4 Å². The molecule has 0 aliphatic carbocycles. The van der Waals surface area contributed by atoms with Crippen molar-refractivity contribution in [3.8, 4) is 0 Å². The standard InChI is InChI=1S/C8H12N4O/c1-5(9)8(13)12-7-3-10-6(2)11-4-7/h3-5H,9H2,1-2H3,(H,12,13). The number of anilines is 1. The second-order valence-electron chi connectivity index (χ2n) is 2.80. The summed E-state index contributed by atoms with van der Waals surface area (Å²) in [6.45, 7) is 3.39. The minimum absolute atomic E-state index is 0.243. The average molecular weight is 180 g/mol. The fourth-order valence-electron chi connectivity index (χ4n) is 0.713. The van der Waals surface area contributed by atoms with Gasteiger partial charge < -0.3 is 11.1 Å². The molecule has 0 saturated heterocycles. The predicted molar refractivity (Wildman–Crippen MR) is 49.0 cm³/mol. The number of amides is 1.